The fraction of sp³-hybridized carbons (Fsp3) is 0.462. The highest BCUT2D eigenvalue weighted by atomic mass is 19.3. The molecule has 6 nitrogen and oxygen atoms in total. The van der Waals surface area contributed by atoms with Gasteiger partial charge in [-0.2, -0.15) is 0 Å². The van der Waals surface area contributed by atoms with Gasteiger partial charge in [-0.3, -0.25) is 0 Å². The van der Waals surface area contributed by atoms with Crippen LogP contribution in [0.15, 0.2) is 29.7 Å². The van der Waals surface area contributed by atoms with E-state index >= 15 is 0 Å². The van der Waals surface area contributed by atoms with Gasteiger partial charge in [-0.1, -0.05) is 12.5 Å². The first kappa shape index (κ1) is 15.4. The second-order valence-corrected chi connectivity index (χ2v) is 4.73. The third-order valence-corrected chi connectivity index (χ3v) is 3.51. The van der Waals surface area contributed by atoms with Crippen LogP contribution in [-0.2, 0) is 4.74 Å². The summed E-state index contributed by atoms with van der Waals surface area (Å²) in [5.41, 5.74) is 3.58. The Morgan fingerprint density at radius 3 is 2.81 bits per heavy atom. The molecule has 8 heteroatoms. The quantitative estimate of drug-likeness (QED) is 0.617. The van der Waals surface area contributed by atoms with Crippen LogP contribution in [0.2, 0.25) is 0 Å². The topological polar surface area (TPSA) is 91.3 Å². The number of aliphatic imine (C=N–C) groups is 1. The van der Waals surface area contributed by atoms with Crippen LogP contribution in [0.25, 0.3) is 0 Å². The molecule has 114 valence electrons. The van der Waals surface area contributed by atoms with Crippen molar-refractivity contribution in [3.63, 3.8) is 0 Å². The third kappa shape index (κ3) is 2.40. The van der Waals surface area contributed by atoms with E-state index < -0.39 is 36.9 Å². The lowest BCUT2D eigenvalue weighted by Crippen LogP contribution is -2.45. The minimum Gasteiger partial charge on any atom is -0.392 e. The number of ether oxygens (including phenoxy) is 1. The van der Waals surface area contributed by atoms with E-state index in [0.29, 0.717) is 0 Å². The summed E-state index contributed by atoms with van der Waals surface area (Å²) in [5.74, 6) is 0.657. The van der Waals surface area contributed by atoms with Crippen LogP contribution in [0.4, 0.5) is 8.78 Å². The molecule has 0 unspecified atom stereocenters. The molecule has 2 heterocycles. The van der Waals surface area contributed by atoms with Crippen LogP contribution in [0.1, 0.15) is 0 Å². The van der Waals surface area contributed by atoms with Crippen molar-refractivity contribution in [2.45, 2.75) is 24.4 Å². The Hall–Kier alpha value is -1.95. The van der Waals surface area contributed by atoms with Gasteiger partial charge in [-0.05, 0) is 6.08 Å². The number of nitrogens with two attached hydrogens (primary N) is 1. The first-order chi connectivity index (χ1) is 9.86. The molecule has 21 heavy (non-hydrogen) atoms. The Morgan fingerprint density at radius 1 is 1.67 bits per heavy atom. The Balaban J connectivity index is 2.37. The molecule has 0 saturated carbocycles. The van der Waals surface area contributed by atoms with Gasteiger partial charge in [-0.25, -0.2) is 13.8 Å². The zero-order valence-electron chi connectivity index (χ0n) is 11.0. The van der Waals surface area contributed by atoms with Crippen LogP contribution in [0.5, 0.6) is 0 Å². The molecule has 1 fully saturated rings. The second-order valence-electron chi connectivity index (χ2n) is 4.73. The lowest BCUT2D eigenvalue weighted by molar-refractivity contribution is -0.103. The van der Waals surface area contributed by atoms with Crippen molar-refractivity contribution in [1.29, 1.82) is 0 Å². The first-order valence-electron chi connectivity index (χ1n) is 6.08. The Morgan fingerprint density at radius 2 is 2.33 bits per heavy atom. The maximum absolute atomic E-state index is 13.3. The molecule has 1 saturated heterocycles. The molecule has 0 amide bonds. The number of terminal acetylenes is 1. The molecule has 0 aromatic carbocycles. The third-order valence-electron chi connectivity index (χ3n) is 3.51. The van der Waals surface area contributed by atoms with Gasteiger partial charge in [0.15, 0.2) is 5.60 Å². The highest BCUT2D eigenvalue weighted by molar-refractivity contribution is 5.92. The standard InChI is InChI=1S/C13H15F2N3O3/c1-3-13(6-19)10(20)9(11(14)15)12(21-13)18-5-4-8(16)17-7(18)2/h1,4-5,9-12,19-20H,2,6H2,(H2,16,17)/t9-,10+,12-,13-/m1/s1. The lowest BCUT2D eigenvalue weighted by atomic mass is 9.90. The van der Waals surface area contributed by atoms with E-state index in [2.05, 4.69) is 17.5 Å². The van der Waals surface area contributed by atoms with Gasteiger partial charge in [0.1, 0.15) is 24.0 Å². The molecule has 4 N–H and O–H groups in total. The summed E-state index contributed by atoms with van der Waals surface area (Å²) in [6, 6.07) is 0. The number of rotatable bonds is 3. The van der Waals surface area contributed by atoms with Crippen molar-refractivity contribution in [2.75, 3.05) is 6.61 Å². The van der Waals surface area contributed by atoms with Gasteiger partial charge < -0.3 is 25.6 Å². The zero-order chi connectivity index (χ0) is 15.8. The van der Waals surface area contributed by atoms with Crippen molar-refractivity contribution in [3.05, 3.63) is 24.7 Å². The number of aliphatic hydroxyl groups is 2. The molecule has 2 aliphatic rings. The summed E-state index contributed by atoms with van der Waals surface area (Å²) in [7, 11) is 0. The highest BCUT2D eigenvalue weighted by Gasteiger charge is 2.58. The number of nitrogens with zero attached hydrogens (tertiary/aromatic N) is 2. The Kier molecular flexibility index (Phi) is 4.00. The predicted molar refractivity (Wildman–Crippen MR) is 70.8 cm³/mol. The average molecular weight is 299 g/mol. The number of amidine groups is 1. The van der Waals surface area contributed by atoms with Gasteiger partial charge >= 0.3 is 0 Å². The van der Waals surface area contributed by atoms with Gasteiger partial charge in [0, 0.05) is 6.20 Å². The normalized spacial score (nSPS) is 36.0. The van der Waals surface area contributed by atoms with Crippen LogP contribution in [0.3, 0.4) is 0 Å². The molecular formula is C13H15F2N3O3. The molecule has 0 radical (unpaired) electrons. The van der Waals surface area contributed by atoms with Crippen LogP contribution in [0, 0.1) is 18.3 Å². The largest absolute Gasteiger partial charge is 0.392 e. The fourth-order valence-corrected chi connectivity index (χ4v) is 2.35. The molecule has 2 rings (SSSR count). The van der Waals surface area contributed by atoms with E-state index in [-0.39, 0.29) is 11.7 Å². The van der Waals surface area contributed by atoms with Gasteiger partial charge in [-0.15, -0.1) is 6.42 Å². The molecule has 0 spiro atoms. The molecule has 0 aliphatic carbocycles. The summed E-state index contributed by atoms with van der Waals surface area (Å²) in [4.78, 5) is 5.04. The maximum atomic E-state index is 13.3. The zero-order valence-corrected chi connectivity index (χ0v) is 11.0. The number of hydrogen-bond donors (Lipinski definition) is 3. The maximum Gasteiger partial charge on any atom is 0.248 e. The number of halogens is 2. The van der Waals surface area contributed by atoms with E-state index in [4.69, 9.17) is 16.9 Å². The van der Waals surface area contributed by atoms with E-state index in [1.807, 2.05) is 0 Å². The lowest BCUT2D eigenvalue weighted by Gasteiger charge is -2.32. The summed E-state index contributed by atoms with van der Waals surface area (Å²) in [6.45, 7) is 2.80. The smallest absolute Gasteiger partial charge is 0.248 e. The molecule has 0 aromatic heterocycles. The van der Waals surface area contributed by atoms with Crippen molar-refractivity contribution in [1.82, 2.24) is 4.90 Å². The predicted octanol–water partition coefficient (Wildman–Crippen LogP) is -0.393. The summed E-state index contributed by atoms with van der Waals surface area (Å²) >= 11 is 0. The van der Waals surface area contributed by atoms with E-state index in [1.54, 1.807) is 0 Å². The average Bonchev–Trinajstić information content (AvgIpc) is 2.72. The summed E-state index contributed by atoms with van der Waals surface area (Å²) in [5, 5.41) is 19.4. The molecule has 0 aromatic rings. The van der Waals surface area contributed by atoms with Crippen molar-refractivity contribution >= 4 is 5.84 Å². The van der Waals surface area contributed by atoms with Gasteiger partial charge in [0.05, 0.1) is 12.5 Å². The number of aliphatic hydroxyl groups excluding tert-OH is 2. The molecule has 0 bridgehead atoms. The molecular weight excluding hydrogens is 284 g/mol. The Labute approximate surface area is 120 Å². The van der Waals surface area contributed by atoms with Crippen molar-refractivity contribution in [3.8, 4) is 12.3 Å². The van der Waals surface area contributed by atoms with Crippen molar-refractivity contribution < 1.29 is 23.7 Å². The summed E-state index contributed by atoms with van der Waals surface area (Å²) < 4.78 is 31.9. The second kappa shape index (κ2) is 5.44. The molecule has 2 aliphatic heterocycles. The first-order valence-corrected chi connectivity index (χ1v) is 6.08. The van der Waals surface area contributed by atoms with E-state index in [1.165, 1.54) is 17.2 Å². The SMILES string of the molecule is C#C[C@]1(CO)O[C@@H](N2C=CC(N)=NC2=C)[C@@H](C(F)F)[C@@H]1O. The fourth-order valence-electron chi connectivity index (χ4n) is 2.35. The number of hydrogen-bond acceptors (Lipinski definition) is 6. The highest BCUT2D eigenvalue weighted by Crippen LogP contribution is 2.41. The van der Waals surface area contributed by atoms with Gasteiger partial charge in [0.2, 0.25) is 6.43 Å². The van der Waals surface area contributed by atoms with Crippen LogP contribution >= 0.6 is 0 Å². The van der Waals surface area contributed by atoms with Crippen LogP contribution < -0.4 is 5.73 Å². The minimum atomic E-state index is -2.92. The minimum absolute atomic E-state index is 0.0728. The van der Waals surface area contributed by atoms with E-state index in [9.17, 15) is 19.0 Å². The van der Waals surface area contributed by atoms with Gasteiger partial charge in [0.25, 0.3) is 0 Å². The molecule has 4 atom stereocenters. The van der Waals surface area contributed by atoms with Crippen LogP contribution in [-0.4, -0.2) is 51.9 Å². The Bertz CT molecular complexity index is 543. The summed E-state index contributed by atoms with van der Waals surface area (Å²) in [6.07, 6.45) is 2.00. The van der Waals surface area contributed by atoms with Crippen molar-refractivity contribution in [2.24, 2.45) is 16.6 Å². The number of alkyl halides is 2. The van der Waals surface area contributed by atoms with E-state index in [0.717, 1.165) is 0 Å². The monoisotopic (exact) mass is 299 g/mol.